The van der Waals surface area contributed by atoms with Gasteiger partial charge in [-0.2, -0.15) is 10.3 Å². The zero-order chi connectivity index (χ0) is 26.2. The number of aromatic nitrogens is 8. The summed E-state index contributed by atoms with van der Waals surface area (Å²) in [5, 5.41) is 21.4. The third-order valence-electron chi connectivity index (χ3n) is 7.25. The lowest BCUT2D eigenvalue weighted by Crippen LogP contribution is -2.22. The lowest BCUT2D eigenvalue weighted by molar-refractivity contribution is -0.121. The van der Waals surface area contributed by atoms with Crippen molar-refractivity contribution in [3.05, 3.63) is 76.0 Å². The molecule has 1 unspecified atom stereocenters. The van der Waals surface area contributed by atoms with Crippen molar-refractivity contribution in [1.29, 1.82) is 0 Å². The van der Waals surface area contributed by atoms with E-state index in [0.29, 0.717) is 35.5 Å². The summed E-state index contributed by atoms with van der Waals surface area (Å²) >= 11 is 0. The molecular weight excluding hydrogens is 480 g/mol. The van der Waals surface area contributed by atoms with E-state index < -0.39 is 0 Å². The third-order valence-corrected chi connectivity index (χ3v) is 7.25. The quantitative estimate of drug-likeness (QED) is 0.348. The van der Waals surface area contributed by atoms with E-state index in [-0.39, 0.29) is 23.2 Å². The van der Waals surface area contributed by atoms with Crippen LogP contribution in [-0.4, -0.2) is 46.2 Å². The Bertz CT molecular complexity index is 1670. The van der Waals surface area contributed by atoms with Crippen LogP contribution in [0.2, 0.25) is 0 Å². The Hall–Kier alpha value is -4.47. The number of nitrogens with zero attached hydrogens (tertiary/aromatic N) is 6. The van der Waals surface area contributed by atoms with E-state index in [2.05, 4.69) is 68.9 Å². The SMILES string of the molecule is CC(C)c1nc2c(C3CCCCC3=O)n[nH]c(=O)c2n1Cc1ccc(-c2ccccc2-c2nn[nH]n2)cc1. The van der Waals surface area contributed by atoms with Crippen molar-refractivity contribution >= 4 is 16.8 Å². The Morgan fingerprint density at radius 3 is 2.50 bits per heavy atom. The van der Waals surface area contributed by atoms with Crippen molar-refractivity contribution < 1.29 is 4.79 Å². The minimum absolute atomic E-state index is 0.0813. The Morgan fingerprint density at radius 2 is 1.79 bits per heavy atom. The number of hydrogen-bond donors (Lipinski definition) is 2. The summed E-state index contributed by atoms with van der Waals surface area (Å²) in [4.78, 5) is 30.6. The van der Waals surface area contributed by atoms with E-state index in [9.17, 15) is 9.59 Å². The second kappa shape index (κ2) is 9.77. The maximum absolute atomic E-state index is 13.0. The minimum atomic E-state index is -0.315. The molecule has 3 aromatic heterocycles. The average Bonchev–Trinajstić information content (AvgIpc) is 3.60. The zero-order valence-corrected chi connectivity index (χ0v) is 21.3. The molecular formula is C28H28N8O2. The number of carbonyl (C=O) groups excluding carboxylic acids is 1. The number of benzene rings is 2. The van der Waals surface area contributed by atoms with Gasteiger partial charge in [0, 0.05) is 24.4 Å². The second-order valence-electron chi connectivity index (χ2n) is 10.1. The maximum atomic E-state index is 13.0. The number of imidazole rings is 1. The number of aromatic amines is 2. The highest BCUT2D eigenvalue weighted by Crippen LogP contribution is 2.33. The van der Waals surface area contributed by atoms with E-state index in [0.717, 1.165) is 47.3 Å². The van der Waals surface area contributed by atoms with Gasteiger partial charge in [-0.05, 0) is 34.7 Å². The summed E-state index contributed by atoms with van der Waals surface area (Å²) in [5.74, 6) is 1.28. The van der Waals surface area contributed by atoms with Crippen molar-refractivity contribution in [1.82, 2.24) is 40.4 Å². The third kappa shape index (κ3) is 4.21. The molecule has 2 N–H and O–H groups in total. The number of fused-ring (bicyclic) bond motifs is 1. The molecule has 5 aromatic rings. The number of tetrazole rings is 1. The topological polar surface area (TPSA) is 135 Å². The predicted molar refractivity (Wildman–Crippen MR) is 143 cm³/mol. The van der Waals surface area contributed by atoms with Gasteiger partial charge in [-0.1, -0.05) is 68.8 Å². The molecule has 0 amide bonds. The molecule has 10 nitrogen and oxygen atoms in total. The Kier molecular flexibility index (Phi) is 6.15. The van der Waals surface area contributed by atoms with Crippen LogP contribution in [0, 0.1) is 0 Å². The molecule has 192 valence electrons. The van der Waals surface area contributed by atoms with E-state index in [1.54, 1.807) is 0 Å². The summed E-state index contributed by atoms with van der Waals surface area (Å²) in [6, 6.07) is 16.1. The molecule has 0 aliphatic heterocycles. The van der Waals surface area contributed by atoms with Crippen LogP contribution in [0.25, 0.3) is 33.5 Å². The Morgan fingerprint density at radius 1 is 1.00 bits per heavy atom. The normalized spacial score (nSPS) is 16.0. The summed E-state index contributed by atoms with van der Waals surface area (Å²) in [6.07, 6.45) is 3.16. The number of hydrogen-bond acceptors (Lipinski definition) is 7. The predicted octanol–water partition coefficient (Wildman–Crippen LogP) is 4.37. The number of rotatable bonds is 6. The molecule has 0 spiro atoms. The second-order valence-corrected chi connectivity index (χ2v) is 10.1. The highest BCUT2D eigenvalue weighted by Gasteiger charge is 2.30. The van der Waals surface area contributed by atoms with Gasteiger partial charge in [0.05, 0.1) is 11.6 Å². The van der Waals surface area contributed by atoms with Crippen LogP contribution in [-0.2, 0) is 11.3 Å². The van der Waals surface area contributed by atoms with Crippen LogP contribution in [0.3, 0.4) is 0 Å². The summed E-state index contributed by atoms with van der Waals surface area (Å²) < 4.78 is 1.97. The first-order valence-electron chi connectivity index (χ1n) is 12.9. The molecule has 38 heavy (non-hydrogen) atoms. The standard InChI is InChI=1S/C28H28N8O2/c1-16(2)27-29-24-23(21-9-5-6-10-22(21)37)30-33-28(38)25(24)36(27)15-17-11-13-18(14-12-17)19-7-3-4-8-20(19)26-31-34-35-32-26/h3-4,7-8,11-14,16,21H,5-6,9-10,15H2,1-2H3,(H,33,38)(H,31,32,34,35). The van der Waals surface area contributed by atoms with Crippen molar-refractivity contribution in [3.63, 3.8) is 0 Å². The Balaban J connectivity index is 1.39. The first-order valence-corrected chi connectivity index (χ1v) is 12.9. The highest BCUT2D eigenvalue weighted by atomic mass is 16.1. The number of H-pyrrole nitrogens is 2. The van der Waals surface area contributed by atoms with Gasteiger partial charge in [0.15, 0.2) is 0 Å². The average molecular weight is 509 g/mol. The summed E-state index contributed by atoms with van der Waals surface area (Å²) in [6.45, 7) is 4.59. The summed E-state index contributed by atoms with van der Waals surface area (Å²) in [5.41, 5.74) is 5.26. The number of nitrogens with one attached hydrogen (secondary N) is 2. The van der Waals surface area contributed by atoms with Crippen LogP contribution in [0.1, 0.15) is 68.4 Å². The van der Waals surface area contributed by atoms with Crippen LogP contribution in [0.15, 0.2) is 53.3 Å². The fraction of sp³-hybridized carbons (Fsp3) is 0.321. The smallest absolute Gasteiger partial charge is 0.290 e. The van der Waals surface area contributed by atoms with Crippen molar-refractivity contribution in [2.45, 2.75) is 57.9 Å². The van der Waals surface area contributed by atoms with Crippen molar-refractivity contribution in [2.24, 2.45) is 0 Å². The van der Waals surface area contributed by atoms with Crippen LogP contribution in [0.5, 0.6) is 0 Å². The van der Waals surface area contributed by atoms with E-state index in [4.69, 9.17) is 4.98 Å². The molecule has 2 aromatic carbocycles. The maximum Gasteiger partial charge on any atom is 0.290 e. The Labute approximate surface area is 218 Å². The van der Waals surface area contributed by atoms with Gasteiger partial charge in [-0.25, -0.2) is 10.1 Å². The minimum Gasteiger partial charge on any atom is -0.319 e. The van der Waals surface area contributed by atoms with Gasteiger partial charge < -0.3 is 4.57 Å². The van der Waals surface area contributed by atoms with Gasteiger partial charge in [0.25, 0.3) is 5.56 Å². The number of Topliss-reactive ketones (excluding diaryl/α,β-unsaturated/α-hetero) is 1. The van der Waals surface area contributed by atoms with Gasteiger partial charge in [0.1, 0.15) is 22.6 Å². The molecule has 1 aliphatic carbocycles. The molecule has 10 heteroatoms. The van der Waals surface area contributed by atoms with Gasteiger partial charge >= 0.3 is 0 Å². The zero-order valence-electron chi connectivity index (χ0n) is 21.3. The molecule has 0 saturated heterocycles. The van der Waals surface area contributed by atoms with Crippen LogP contribution in [0.4, 0.5) is 0 Å². The molecule has 1 fully saturated rings. The molecule has 1 atom stereocenters. The first-order chi connectivity index (χ1) is 18.5. The van der Waals surface area contributed by atoms with E-state index in [1.165, 1.54) is 0 Å². The molecule has 1 saturated carbocycles. The highest BCUT2D eigenvalue weighted by molar-refractivity contribution is 5.90. The lowest BCUT2D eigenvalue weighted by Gasteiger charge is -2.19. The van der Waals surface area contributed by atoms with E-state index >= 15 is 0 Å². The summed E-state index contributed by atoms with van der Waals surface area (Å²) in [7, 11) is 0. The molecule has 3 heterocycles. The monoisotopic (exact) mass is 508 g/mol. The molecule has 0 bridgehead atoms. The van der Waals surface area contributed by atoms with Crippen molar-refractivity contribution in [2.75, 3.05) is 0 Å². The molecule has 1 aliphatic rings. The number of carbonyl (C=O) groups is 1. The fourth-order valence-electron chi connectivity index (χ4n) is 5.39. The lowest BCUT2D eigenvalue weighted by atomic mass is 9.85. The van der Waals surface area contributed by atoms with Crippen molar-refractivity contribution in [3.8, 4) is 22.5 Å². The number of ketones is 1. The van der Waals surface area contributed by atoms with E-state index in [1.807, 2.05) is 28.8 Å². The van der Waals surface area contributed by atoms with Gasteiger partial charge in [-0.3, -0.25) is 9.59 Å². The largest absolute Gasteiger partial charge is 0.319 e. The van der Waals surface area contributed by atoms with Crippen LogP contribution >= 0.6 is 0 Å². The first kappa shape index (κ1) is 23.9. The fourth-order valence-corrected chi connectivity index (χ4v) is 5.39. The van der Waals surface area contributed by atoms with Crippen LogP contribution < -0.4 is 5.56 Å². The molecule has 0 radical (unpaired) electrons. The van der Waals surface area contributed by atoms with Gasteiger partial charge in [-0.15, -0.1) is 10.2 Å². The molecule has 6 rings (SSSR count). The van der Waals surface area contributed by atoms with Gasteiger partial charge in [0.2, 0.25) is 5.82 Å².